The Labute approximate surface area is 274 Å². The van der Waals surface area contributed by atoms with Gasteiger partial charge in [0.25, 0.3) is 11.8 Å². The minimum absolute atomic E-state index is 0. The molecular formula is C30H69N7O5P2. The van der Waals surface area contributed by atoms with Crippen LogP contribution < -0.4 is 32.3 Å². The first-order valence-corrected chi connectivity index (χ1v) is 16.0. The largest absolute Gasteiger partial charge is 0.355 e. The number of nitrogens with zero attached hydrogens (tertiary/aromatic N) is 1. The van der Waals surface area contributed by atoms with Crippen molar-refractivity contribution in [1.29, 1.82) is 0 Å². The molecule has 1 heterocycles. The summed E-state index contributed by atoms with van der Waals surface area (Å²) in [6, 6.07) is -0.536. The van der Waals surface area contributed by atoms with Gasteiger partial charge in [0, 0.05) is 19.4 Å². The molecule has 3 amide bonds. The van der Waals surface area contributed by atoms with Gasteiger partial charge in [-0.05, 0) is 86.3 Å². The van der Waals surface area contributed by atoms with Gasteiger partial charge in [-0.2, -0.15) is 19.8 Å². The average Bonchev–Trinajstić information content (AvgIpc) is 3.31. The van der Waals surface area contributed by atoms with Crippen molar-refractivity contribution < 1.29 is 24.0 Å². The highest BCUT2D eigenvalue weighted by Crippen LogP contribution is 2.13. The van der Waals surface area contributed by atoms with E-state index in [-0.39, 0.29) is 44.6 Å². The summed E-state index contributed by atoms with van der Waals surface area (Å²) in [6.07, 6.45) is 13.0. The molecule has 0 aromatic heterocycles. The van der Waals surface area contributed by atoms with E-state index < -0.39 is 23.8 Å². The van der Waals surface area contributed by atoms with Crippen LogP contribution in [-0.2, 0) is 24.0 Å². The van der Waals surface area contributed by atoms with E-state index in [1.165, 1.54) is 32.1 Å². The summed E-state index contributed by atoms with van der Waals surface area (Å²) in [7, 11) is 7.33. The van der Waals surface area contributed by atoms with E-state index in [1.807, 2.05) is 21.1 Å². The number of imide groups is 1. The minimum atomic E-state index is -0.587. The average molecular weight is 670 g/mol. The van der Waals surface area contributed by atoms with Gasteiger partial charge in [0.05, 0.1) is 6.04 Å². The van der Waals surface area contributed by atoms with Gasteiger partial charge in [-0.3, -0.25) is 14.4 Å². The fourth-order valence-electron chi connectivity index (χ4n) is 4.00. The van der Waals surface area contributed by atoms with E-state index in [2.05, 4.69) is 40.4 Å². The lowest BCUT2D eigenvalue weighted by atomic mass is 10.1. The van der Waals surface area contributed by atoms with Crippen molar-refractivity contribution in [2.45, 2.75) is 116 Å². The molecule has 1 saturated heterocycles. The van der Waals surface area contributed by atoms with Crippen LogP contribution in [0.3, 0.4) is 0 Å². The van der Waals surface area contributed by atoms with E-state index in [0.717, 1.165) is 64.7 Å². The van der Waals surface area contributed by atoms with Crippen LogP contribution >= 0.6 is 19.8 Å². The Balaban J connectivity index is -0.000000297. The van der Waals surface area contributed by atoms with Crippen LogP contribution in [0.1, 0.15) is 104 Å². The van der Waals surface area contributed by atoms with Crippen LogP contribution in [0.15, 0.2) is 0 Å². The van der Waals surface area contributed by atoms with Gasteiger partial charge in [0.2, 0.25) is 5.91 Å². The van der Waals surface area contributed by atoms with Crippen molar-refractivity contribution in [3.63, 3.8) is 0 Å². The molecule has 0 radical (unpaired) electrons. The van der Waals surface area contributed by atoms with E-state index >= 15 is 0 Å². The zero-order valence-corrected chi connectivity index (χ0v) is 31.7. The van der Waals surface area contributed by atoms with E-state index in [1.54, 1.807) is 7.05 Å². The summed E-state index contributed by atoms with van der Waals surface area (Å²) in [6.45, 7) is 7.91. The van der Waals surface area contributed by atoms with E-state index in [4.69, 9.17) is 10.6 Å². The second-order valence-corrected chi connectivity index (χ2v) is 10.4. The molecule has 4 atom stereocenters. The minimum Gasteiger partial charge on any atom is -0.355 e. The number of hydrogen-bond donors (Lipinski definition) is 6. The third-order valence-electron chi connectivity index (χ3n) is 6.71. The second kappa shape index (κ2) is 36.2. The number of nitrogens with two attached hydrogens (primary N) is 1. The second-order valence-electron chi connectivity index (χ2n) is 10.4. The molecule has 4 unspecified atom stereocenters. The number of carbonyl (C=O) groups is 4. The van der Waals surface area contributed by atoms with Gasteiger partial charge >= 0.3 is 5.97 Å². The molecule has 14 heteroatoms. The monoisotopic (exact) mass is 669 g/mol. The summed E-state index contributed by atoms with van der Waals surface area (Å²) >= 11 is 0. The number of hydroxylamine groups is 2. The van der Waals surface area contributed by atoms with Gasteiger partial charge in [-0.1, -0.05) is 52.4 Å². The molecule has 0 spiro atoms. The summed E-state index contributed by atoms with van der Waals surface area (Å²) in [5, 5.41) is 15.6. The summed E-state index contributed by atoms with van der Waals surface area (Å²) in [5.74, 6) is -1.35. The van der Waals surface area contributed by atoms with Gasteiger partial charge in [-0.15, -0.1) is 5.06 Å². The molecule has 7 N–H and O–H groups in total. The first kappa shape index (κ1) is 49.6. The quantitative estimate of drug-likeness (QED) is 0.0571. The molecule has 1 aliphatic heterocycles. The summed E-state index contributed by atoms with van der Waals surface area (Å²) < 4.78 is 0. The lowest BCUT2D eigenvalue weighted by Gasteiger charge is -2.18. The molecule has 0 aromatic carbocycles. The standard InChI is InChI=1S/C13H29N3O.C12H21N3O4.C5H13N.2H3P/c1-4-5-7-11-16-13(17)12(15-3)9-6-8-10-14-2;1-13-8-4-3-5-9(14-2)12(18)19-15-10(16)6-7-11(15)17;1-2-3-4-5-6;;/h12,14-15H,4-11H2,1-3H3,(H,16,17);9,13-14H,3-8H2,1-2H3;2-6H2,1H3;2*1H3. The first-order valence-electron chi connectivity index (χ1n) is 16.0. The van der Waals surface area contributed by atoms with Crippen molar-refractivity contribution in [2.75, 3.05) is 54.4 Å². The maximum Gasteiger partial charge on any atom is 0.349 e. The number of nitrogens with one attached hydrogen (secondary N) is 5. The van der Waals surface area contributed by atoms with Crippen LogP contribution in [0, 0.1) is 0 Å². The van der Waals surface area contributed by atoms with Crippen LogP contribution in [0.25, 0.3) is 0 Å². The summed E-state index contributed by atoms with van der Waals surface area (Å²) in [4.78, 5) is 51.2. The van der Waals surface area contributed by atoms with Crippen molar-refractivity contribution in [3.8, 4) is 0 Å². The Kier molecular flexibility index (Phi) is 40.8. The molecule has 0 bridgehead atoms. The van der Waals surface area contributed by atoms with Gasteiger partial charge < -0.3 is 37.2 Å². The molecular weight excluding hydrogens is 600 g/mol. The highest BCUT2D eigenvalue weighted by Gasteiger charge is 2.34. The third-order valence-corrected chi connectivity index (χ3v) is 6.71. The number of likely N-dealkylation sites (N-methyl/N-ethyl adjacent to an activating group) is 2. The molecule has 264 valence electrons. The van der Waals surface area contributed by atoms with Crippen LogP contribution in [0.5, 0.6) is 0 Å². The van der Waals surface area contributed by atoms with Crippen molar-refractivity contribution in [3.05, 3.63) is 0 Å². The highest BCUT2D eigenvalue weighted by molar-refractivity contribution is 6.92. The molecule has 0 aliphatic carbocycles. The van der Waals surface area contributed by atoms with Crippen LogP contribution in [0.2, 0.25) is 0 Å². The first-order chi connectivity index (χ1) is 20.3. The van der Waals surface area contributed by atoms with Gasteiger partial charge in [0.1, 0.15) is 6.04 Å². The fourth-order valence-corrected chi connectivity index (χ4v) is 4.00. The predicted molar refractivity (Wildman–Crippen MR) is 192 cm³/mol. The Morgan fingerprint density at radius 1 is 0.727 bits per heavy atom. The smallest absolute Gasteiger partial charge is 0.349 e. The van der Waals surface area contributed by atoms with Gasteiger partial charge in [0.15, 0.2) is 0 Å². The van der Waals surface area contributed by atoms with Crippen molar-refractivity contribution >= 4 is 43.5 Å². The van der Waals surface area contributed by atoms with Crippen LogP contribution in [0.4, 0.5) is 0 Å². The van der Waals surface area contributed by atoms with E-state index in [0.29, 0.717) is 11.5 Å². The van der Waals surface area contributed by atoms with Crippen LogP contribution in [-0.4, -0.2) is 95.2 Å². The number of unbranched alkanes of at least 4 members (excludes halogenated alkanes) is 6. The lowest BCUT2D eigenvalue weighted by molar-refractivity contribution is -0.199. The Morgan fingerprint density at radius 2 is 1.18 bits per heavy atom. The van der Waals surface area contributed by atoms with Crippen molar-refractivity contribution in [1.82, 2.24) is 31.6 Å². The molecule has 0 saturated carbocycles. The Morgan fingerprint density at radius 3 is 1.59 bits per heavy atom. The molecule has 44 heavy (non-hydrogen) atoms. The molecule has 1 rings (SSSR count). The Bertz CT molecular complexity index is 689. The Hall–Kier alpha value is -1.26. The normalized spacial score (nSPS) is 13.3. The summed E-state index contributed by atoms with van der Waals surface area (Å²) in [5.41, 5.74) is 5.21. The third kappa shape index (κ3) is 27.1. The highest BCUT2D eigenvalue weighted by atomic mass is 31.0. The zero-order chi connectivity index (χ0) is 32.0. The van der Waals surface area contributed by atoms with Crippen molar-refractivity contribution in [2.24, 2.45) is 5.73 Å². The van der Waals surface area contributed by atoms with Gasteiger partial charge in [-0.25, -0.2) is 4.79 Å². The predicted octanol–water partition coefficient (Wildman–Crippen LogP) is 2.09. The topological polar surface area (TPSA) is 167 Å². The fraction of sp³-hybridized carbons (Fsp3) is 0.867. The molecule has 12 nitrogen and oxygen atoms in total. The molecule has 1 aliphatic rings. The lowest BCUT2D eigenvalue weighted by Crippen LogP contribution is -2.42. The molecule has 0 aromatic rings. The number of amides is 3. The number of hydrogen-bond acceptors (Lipinski definition) is 10. The maximum atomic E-state index is 11.8. The zero-order valence-electron chi connectivity index (χ0n) is 28.9. The maximum absolute atomic E-state index is 11.8. The number of rotatable bonds is 22. The number of carbonyl (C=O) groups excluding carboxylic acids is 4. The SMILES string of the molecule is CCCCCN.CCCCCNC(=O)C(CCCCNC)NC.CNCCCCC(NC)C(=O)ON1C(=O)CCC1=O.P.P. The van der Waals surface area contributed by atoms with E-state index in [9.17, 15) is 19.2 Å². The molecule has 1 fully saturated rings.